The topological polar surface area (TPSA) is 71.3 Å². The molecule has 0 aliphatic heterocycles. The molecule has 3 rings (SSSR count). The Morgan fingerprint density at radius 1 is 1.06 bits per heavy atom. The van der Waals surface area contributed by atoms with Gasteiger partial charge >= 0.3 is 6.18 Å². The van der Waals surface area contributed by atoms with E-state index < -0.39 is 17.6 Å². The van der Waals surface area contributed by atoms with Crippen LogP contribution in [0.1, 0.15) is 22.3 Å². The molecule has 5 nitrogen and oxygen atoms in total. The number of carbonyl (C=O) groups excluding carboxylic acids is 1. The molecule has 34 heavy (non-hydrogen) atoms. The predicted molar refractivity (Wildman–Crippen MR) is 122 cm³/mol. The first-order valence-electron chi connectivity index (χ1n) is 10.2. The maximum Gasteiger partial charge on any atom is 0.416 e. The molecule has 8 heteroatoms. The molecule has 0 unspecified atom stereocenters. The molecule has 0 aromatic heterocycles. The summed E-state index contributed by atoms with van der Waals surface area (Å²) in [5.41, 5.74) is 1.35. The predicted octanol–water partition coefficient (Wildman–Crippen LogP) is 6.15. The summed E-state index contributed by atoms with van der Waals surface area (Å²) in [5, 5.41) is 11.7. The smallest absolute Gasteiger partial charge is 0.416 e. The molecule has 3 aromatic rings. The molecular weight excluding hydrogens is 445 g/mol. The third-order valence-corrected chi connectivity index (χ3v) is 4.83. The van der Waals surface area contributed by atoms with Crippen LogP contribution >= 0.6 is 0 Å². The Morgan fingerprint density at radius 3 is 2.44 bits per heavy atom. The van der Waals surface area contributed by atoms with Gasteiger partial charge < -0.3 is 14.8 Å². The van der Waals surface area contributed by atoms with Crippen LogP contribution in [0.4, 0.5) is 18.9 Å². The van der Waals surface area contributed by atoms with Gasteiger partial charge in [0, 0.05) is 5.69 Å². The summed E-state index contributed by atoms with van der Waals surface area (Å²) in [6.07, 6.45) is -3.23. The summed E-state index contributed by atoms with van der Waals surface area (Å²) < 4.78 is 49.9. The standard InChI is InChI=1S/C26H21F3N2O3/c1-17-6-8-18(9-7-17)16-34-23-11-10-19(13-24(23)33-2)12-20(15-30)25(32)31-22-5-3-4-21(14-22)26(27,28)29/h3-14H,16H2,1-2H3,(H,31,32)/b20-12+. The quantitative estimate of drug-likeness (QED) is 0.335. The molecule has 0 radical (unpaired) electrons. The fraction of sp³-hybridized carbons (Fsp3) is 0.154. The van der Waals surface area contributed by atoms with Crippen LogP contribution in [0.5, 0.6) is 11.5 Å². The van der Waals surface area contributed by atoms with Crippen molar-refractivity contribution in [1.29, 1.82) is 5.26 Å². The summed E-state index contributed by atoms with van der Waals surface area (Å²) in [6.45, 7) is 2.32. The molecule has 0 aliphatic carbocycles. The second kappa shape index (κ2) is 10.6. The monoisotopic (exact) mass is 466 g/mol. The van der Waals surface area contributed by atoms with Gasteiger partial charge in [-0.05, 0) is 54.5 Å². The zero-order valence-corrected chi connectivity index (χ0v) is 18.4. The molecule has 0 aliphatic rings. The van der Waals surface area contributed by atoms with Crippen LogP contribution in [-0.4, -0.2) is 13.0 Å². The van der Waals surface area contributed by atoms with Crippen molar-refractivity contribution < 1.29 is 27.4 Å². The van der Waals surface area contributed by atoms with Gasteiger partial charge in [-0.15, -0.1) is 0 Å². The molecular formula is C26H21F3N2O3. The first-order valence-corrected chi connectivity index (χ1v) is 10.2. The Kier molecular flexibility index (Phi) is 7.59. The number of aryl methyl sites for hydroxylation is 1. The summed E-state index contributed by atoms with van der Waals surface area (Å²) in [7, 11) is 1.47. The molecule has 0 heterocycles. The highest BCUT2D eigenvalue weighted by Crippen LogP contribution is 2.31. The number of ether oxygens (including phenoxy) is 2. The number of nitriles is 1. The van der Waals surface area contributed by atoms with E-state index >= 15 is 0 Å². The van der Waals surface area contributed by atoms with Gasteiger partial charge in [-0.25, -0.2) is 0 Å². The van der Waals surface area contributed by atoms with Gasteiger partial charge in [0.05, 0.1) is 12.7 Å². The third kappa shape index (κ3) is 6.39. The minimum Gasteiger partial charge on any atom is -0.493 e. The Labute approximate surface area is 195 Å². The molecule has 0 saturated carbocycles. The first-order chi connectivity index (χ1) is 16.2. The number of anilines is 1. The van der Waals surface area contributed by atoms with Gasteiger partial charge in [-0.3, -0.25) is 4.79 Å². The number of nitrogens with one attached hydrogen (secondary N) is 1. The third-order valence-electron chi connectivity index (χ3n) is 4.83. The van der Waals surface area contributed by atoms with Crippen molar-refractivity contribution in [2.45, 2.75) is 19.7 Å². The van der Waals surface area contributed by atoms with Crippen molar-refractivity contribution in [3.05, 3.63) is 94.6 Å². The highest BCUT2D eigenvalue weighted by atomic mass is 19.4. The number of nitrogens with zero attached hydrogens (tertiary/aromatic N) is 1. The van der Waals surface area contributed by atoms with Crippen molar-refractivity contribution in [1.82, 2.24) is 0 Å². The number of benzene rings is 3. The lowest BCUT2D eigenvalue weighted by Crippen LogP contribution is -2.14. The number of rotatable bonds is 7. The van der Waals surface area contributed by atoms with Crippen molar-refractivity contribution >= 4 is 17.7 Å². The van der Waals surface area contributed by atoms with E-state index in [4.69, 9.17) is 9.47 Å². The van der Waals surface area contributed by atoms with E-state index in [1.165, 1.54) is 25.3 Å². The van der Waals surface area contributed by atoms with Gasteiger partial charge in [-0.1, -0.05) is 42.0 Å². The average molecular weight is 466 g/mol. The highest BCUT2D eigenvalue weighted by Gasteiger charge is 2.30. The largest absolute Gasteiger partial charge is 0.493 e. The number of carbonyl (C=O) groups is 1. The van der Waals surface area contributed by atoms with Crippen LogP contribution in [0.15, 0.2) is 72.3 Å². The van der Waals surface area contributed by atoms with Crippen LogP contribution in [-0.2, 0) is 17.6 Å². The lowest BCUT2D eigenvalue weighted by molar-refractivity contribution is -0.137. The van der Waals surface area contributed by atoms with Gasteiger partial charge in [0.15, 0.2) is 11.5 Å². The van der Waals surface area contributed by atoms with E-state index in [9.17, 15) is 23.2 Å². The van der Waals surface area contributed by atoms with Crippen LogP contribution in [0.2, 0.25) is 0 Å². The summed E-state index contributed by atoms with van der Waals surface area (Å²) in [5.74, 6) is 0.0454. The second-order valence-electron chi connectivity index (χ2n) is 7.39. The van der Waals surface area contributed by atoms with E-state index in [2.05, 4.69) is 5.32 Å². The minimum atomic E-state index is -4.55. The van der Waals surface area contributed by atoms with Gasteiger partial charge in [0.2, 0.25) is 0 Å². The van der Waals surface area contributed by atoms with E-state index in [0.29, 0.717) is 23.7 Å². The molecule has 0 atom stereocenters. The summed E-state index contributed by atoms with van der Waals surface area (Å²) in [6, 6.07) is 18.7. The fourth-order valence-electron chi connectivity index (χ4n) is 3.03. The van der Waals surface area contributed by atoms with E-state index in [-0.39, 0.29) is 11.3 Å². The van der Waals surface area contributed by atoms with Crippen molar-refractivity contribution in [2.24, 2.45) is 0 Å². The Bertz CT molecular complexity index is 1240. The number of halogens is 3. The van der Waals surface area contributed by atoms with E-state index in [1.54, 1.807) is 24.3 Å². The molecule has 1 N–H and O–H groups in total. The highest BCUT2D eigenvalue weighted by molar-refractivity contribution is 6.09. The van der Waals surface area contributed by atoms with Crippen LogP contribution in [0.3, 0.4) is 0 Å². The maximum absolute atomic E-state index is 12.9. The summed E-state index contributed by atoms with van der Waals surface area (Å²) >= 11 is 0. The van der Waals surface area contributed by atoms with Gasteiger partial charge in [0.25, 0.3) is 5.91 Å². The molecule has 3 aromatic carbocycles. The SMILES string of the molecule is COc1cc(/C=C(\C#N)C(=O)Nc2cccc(C(F)(F)F)c2)ccc1OCc1ccc(C)cc1. The summed E-state index contributed by atoms with van der Waals surface area (Å²) in [4.78, 5) is 12.5. The van der Waals surface area contributed by atoms with Crippen molar-refractivity contribution in [3.8, 4) is 17.6 Å². The van der Waals surface area contributed by atoms with Crippen LogP contribution < -0.4 is 14.8 Å². The zero-order valence-electron chi connectivity index (χ0n) is 18.4. The minimum absolute atomic E-state index is 0.0709. The number of methoxy groups -OCH3 is 1. The molecule has 174 valence electrons. The maximum atomic E-state index is 12.9. The lowest BCUT2D eigenvalue weighted by Gasteiger charge is -2.12. The zero-order chi connectivity index (χ0) is 24.7. The van der Waals surface area contributed by atoms with E-state index in [0.717, 1.165) is 23.3 Å². The fourth-order valence-corrected chi connectivity index (χ4v) is 3.03. The number of alkyl halides is 3. The second-order valence-corrected chi connectivity index (χ2v) is 7.39. The molecule has 1 amide bonds. The average Bonchev–Trinajstić information content (AvgIpc) is 2.82. The van der Waals surface area contributed by atoms with Gasteiger partial charge in [-0.2, -0.15) is 18.4 Å². The number of hydrogen-bond donors (Lipinski definition) is 1. The van der Waals surface area contributed by atoms with Crippen molar-refractivity contribution in [3.63, 3.8) is 0 Å². The van der Waals surface area contributed by atoms with E-state index in [1.807, 2.05) is 31.2 Å². The number of hydrogen-bond acceptors (Lipinski definition) is 4. The Balaban J connectivity index is 1.75. The lowest BCUT2D eigenvalue weighted by atomic mass is 10.1. The number of amides is 1. The Hall–Kier alpha value is -4.25. The van der Waals surface area contributed by atoms with Crippen molar-refractivity contribution in [2.75, 3.05) is 12.4 Å². The molecule has 0 saturated heterocycles. The van der Waals surface area contributed by atoms with Crippen LogP contribution in [0.25, 0.3) is 6.08 Å². The normalized spacial score (nSPS) is 11.5. The molecule has 0 bridgehead atoms. The first kappa shape index (κ1) is 24.4. The van der Waals surface area contributed by atoms with Crippen LogP contribution in [0, 0.1) is 18.3 Å². The molecule has 0 spiro atoms. The molecule has 0 fully saturated rings. The Morgan fingerprint density at radius 2 is 1.79 bits per heavy atom. The van der Waals surface area contributed by atoms with Gasteiger partial charge in [0.1, 0.15) is 18.2 Å².